The van der Waals surface area contributed by atoms with Crippen LogP contribution in [0.15, 0.2) is 48.5 Å². The van der Waals surface area contributed by atoms with Crippen LogP contribution in [0.3, 0.4) is 0 Å². The smallest absolute Gasteiger partial charge is 0.243 e. The van der Waals surface area contributed by atoms with Crippen molar-refractivity contribution >= 4 is 35.2 Å². The van der Waals surface area contributed by atoms with Gasteiger partial charge in [0, 0.05) is 23.4 Å². The molecule has 0 aliphatic heterocycles. The van der Waals surface area contributed by atoms with Crippen molar-refractivity contribution in [1.82, 2.24) is 10.2 Å². The van der Waals surface area contributed by atoms with Crippen LogP contribution in [0.2, 0.25) is 5.02 Å². The van der Waals surface area contributed by atoms with E-state index in [0.717, 1.165) is 11.3 Å². The molecule has 6 heteroatoms. The van der Waals surface area contributed by atoms with Gasteiger partial charge in [0.05, 0.1) is 5.75 Å². The molecule has 162 valence electrons. The normalized spacial score (nSPS) is 11.9. The average molecular weight is 447 g/mol. The topological polar surface area (TPSA) is 49.4 Å². The lowest BCUT2D eigenvalue weighted by molar-refractivity contribution is -0.139. The van der Waals surface area contributed by atoms with Crippen LogP contribution in [0.5, 0.6) is 0 Å². The van der Waals surface area contributed by atoms with Crippen LogP contribution < -0.4 is 5.32 Å². The minimum atomic E-state index is -0.504. The maximum atomic E-state index is 13.2. The van der Waals surface area contributed by atoms with Crippen molar-refractivity contribution in [1.29, 1.82) is 0 Å². The van der Waals surface area contributed by atoms with Crippen molar-refractivity contribution in [2.45, 2.75) is 58.5 Å². The number of carbonyl (C=O) groups excluding carboxylic acids is 2. The summed E-state index contributed by atoms with van der Waals surface area (Å²) in [5, 5.41) is 3.60. The molecule has 0 heterocycles. The molecule has 4 nitrogen and oxygen atoms in total. The molecule has 0 saturated carbocycles. The molecule has 2 aromatic carbocycles. The summed E-state index contributed by atoms with van der Waals surface area (Å²) >= 11 is 7.57. The molecule has 0 aliphatic rings. The van der Waals surface area contributed by atoms with Gasteiger partial charge in [-0.1, -0.05) is 60.5 Å². The van der Waals surface area contributed by atoms with Crippen LogP contribution in [0.4, 0.5) is 0 Å². The Kier molecular flexibility index (Phi) is 9.73. The Morgan fingerprint density at radius 3 is 2.40 bits per heavy atom. The van der Waals surface area contributed by atoms with Gasteiger partial charge in [-0.25, -0.2) is 0 Å². The van der Waals surface area contributed by atoms with Crippen LogP contribution in [-0.2, 0) is 21.9 Å². The lowest BCUT2D eigenvalue weighted by atomic mass is 10.1. The Morgan fingerprint density at radius 2 is 1.80 bits per heavy atom. The number of rotatable bonds is 10. The number of aryl methyl sites for hydroxylation is 1. The van der Waals surface area contributed by atoms with Crippen molar-refractivity contribution < 1.29 is 9.59 Å². The summed E-state index contributed by atoms with van der Waals surface area (Å²) in [4.78, 5) is 27.6. The molecule has 0 bridgehead atoms. The highest BCUT2D eigenvalue weighted by molar-refractivity contribution is 7.99. The number of hydrogen-bond acceptors (Lipinski definition) is 3. The first-order chi connectivity index (χ1) is 14.3. The number of amides is 2. The number of benzene rings is 2. The summed E-state index contributed by atoms with van der Waals surface area (Å²) in [5.74, 6) is 0.941. The lowest BCUT2D eigenvalue weighted by Crippen LogP contribution is -2.50. The average Bonchev–Trinajstić information content (AvgIpc) is 2.68. The van der Waals surface area contributed by atoms with E-state index in [0.29, 0.717) is 23.7 Å². The minimum absolute atomic E-state index is 0.0229. The molecule has 2 rings (SSSR count). The zero-order valence-corrected chi connectivity index (χ0v) is 19.7. The highest BCUT2D eigenvalue weighted by Crippen LogP contribution is 2.19. The molecule has 0 spiro atoms. The molecule has 0 aromatic heterocycles. The molecule has 0 fully saturated rings. The first-order valence-corrected chi connectivity index (χ1v) is 11.8. The highest BCUT2D eigenvalue weighted by atomic mass is 35.5. The van der Waals surface area contributed by atoms with Gasteiger partial charge in [0.1, 0.15) is 6.04 Å². The van der Waals surface area contributed by atoms with Crippen LogP contribution >= 0.6 is 23.4 Å². The summed E-state index contributed by atoms with van der Waals surface area (Å²) in [6, 6.07) is 15.2. The van der Waals surface area contributed by atoms with Gasteiger partial charge in [-0.05, 0) is 50.5 Å². The summed E-state index contributed by atoms with van der Waals surface area (Å²) < 4.78 is 0. The predicted octanol–water partition coefficient (Wildman–Crippen LogP) is 5.21. The molecule has 30 heavy (non-hydrogen) atoms. The van der Waals surface area contributed by atoms with Crippen LogP contribution in [0.25, 0.3) is 0 Å². The third kappa shape index (κ3) is 7.69. The van der Waals surface area contributed by atoms with Gasteiger partial charge >= 0.3 is 0 Å². The summed E-state index contributed by atoms with van der Waals surface area (Å²) in [7, 11) is 0. The number of nitrogens with zero attached hydrogens (tertiary/aromatic N) is 1. The van der Waals surface area contributed by atoms with Gasteiger partial charge in [0.2, 0.25) is 11.8 Å². The van der Waals surface area contributed by atoms with Gasteiger partial charge < -0.3 is 10.2 Å². The van der Waals surface area contributed by atoms with Crippen molar-refractivity contribution in [3.8, 4) is 0 Å². The third-order valence-corrected chi connectivity index (χ3v) is 5.90. The number of hydrogen-bond donors (Lipinski definition) is 1. The first kappa shape index (κ1) is 24.3. The number of halogens is 1. The maximum absolute atomic E-state index is 13.2. The standard InChI is InChI=1S/C24H31ClN2O2S/c1-5-22(24(29)26-17(2)3)27(14-19-9-11-21(25)12-10-19)23(28)16-30-15-20-8-6-7-18(4)13-20/h6-13,17,22H,5,14-16H2,1-4H3,(H,26,29)/t22-/m0/s1. The van der Waals surface area contributed by atoms with Crippen molar-refractivity contribution in [3.63, 3.8) is 0 Å². The molecule has 0 saturated heterocycles. The zero-order valence-electron chi connectivity index (χ0n) is 18.2. The Labute approximate surface area is 189 Å². The Bertz CT molecular complexity index is 839. The zero-order chi connectivity index (χ0) is 22.1. The summed E-state index contributed by atoms with van der Waals surface area (Å²) in [6.07, 6.45) is 0.556. The predicted molar refractivity (Wildman–Crippen MR) is 127 cm³/mol. The van der Waals surface area contributed by atoms with E-state index < -0.39 is 6.04 Å². The third-order valence-electron chi connectivity index (χ3n) is 4.66. The van der Waals surface area contributed by atoms with Gasteiger partial charge in [-0.15, -0.1) is 11.8 Å². The molecule has 0 radical (unpaired) electrons. The lowest BCUT2D eigenvalue weighted by Gasteiger charge is -2.31. The van der Waals surface area contributed by atoms with Crippen LogP contribution in [0.1, 0.15) is 43.9 Å². The van der Waals surface area contributed by atoms with Gasteiger partial charge in [-0.2, -0.15) is 0 Å². The van der Waals surface area contributed by atoms with Crippen molar-refractivity contribution in [3.05, 3.63) is 70.2 Å². The fraction of sp³-hybridized carbons (Fsp3) is 0.417. The molecule has 2 amide bonds. The van der Waals surface area contributed by atoms with E-state index >= 15 is 0 Å². The Balaban J connectivity index is 2.12. The van der Waals surface area contributed by atoms with Gasteiger partial charge in [0.25, 0.3) is 0 Å². The molecule has 1 N–H and O–H groups in total. The monoisotopic (exact) mass is 446 g/mol. The van der Waals surface area contributed by atoms with E-state index in [9.17, 15) is 9.59 Å². The van der Waals surface area contributed by atoms with Crippen molar-refractivity contribution in [2.24, 2.45) is 0 Å². The van der Waals surface area contributed by atoms with E-state index in [1.165, 1.54) is 11.1 Å². The minimum Gasteiger partial charge on any atom is -0.352 e. The SMILES string of the molecule is CC[C@@H](C(=O)NC(C)C)N(Cc1ccc(Cl)cc1)C(=O)CSCc1cccc(C)c1. The summed E-state index contributed by atoms with van der Waals surface area (Å²) in [5.41, 5.74) is 3.36. The fourth-order valence-corrected chi connectivity index (χ4v) is 4.21. The first-order valence-electron chi connectivity index (χ1n) is 10.3. The van der Waals surface area contributed by atoms with E-state index in [1.54, 1.807) is 28.8 Å². The quantitative estimate of drug-likeness (QED) is 0.544. The van der Waals surface area contributed by atoms with Crippen molar-refractivity contribution in [2.75, 3.05) is 5.75 Å². The van der Waals surface area contributed by atoms with Gasteiger partial charge in [-0.3, -0.25) is 9.59 Å². The molecule has 1 atom stereocenters. The number of nitrogens with one attached hydrogen (secondary N) is 1. The Hall–Kier alpha value is -1.98. The second-order valence-electron chi connectivity index (χ2n) is 7.72. The van der Waals surface area contributed by atoms with Crippen LogP contribution in [-0.4, -0.2) is 34.6 Å². The van der Waals surface area contributed by atoms with E-state index in [4.69, 9.17) is 11.6 Å². The molecule has 2 aromatic rings. The molecule has 0 unspecified atom stereocenters. The highest BCUT2D eigenvalue weighted by Gasteiger charge is 2.28. The van der Waals surface area contributed by atoms with E-state index in [1.807, 2.05) is 39.0 Å². The number of carbonyl (C=O) groups is 2. The second-order valence-corrected chi connectivity index (χ2v) is 9.14. The van der Waals surface area contributed by atoms with E-state index in [2.05, 4.69) is 30.4 Å². The van der Waals surface area contributed by atoms with Crippen LogP contribution in [0, 0.1) is 6.92 Å². The Morgan fingerprint density at radius 1 is 1.10 bits per heavy atom. The number of thioether (sulfide) groups is 1. The molecule has 0 aliphatic carbocycles. The van der Waals surface area contributed by atoms with Gasteiger partial charge in [0.15, 0.2) is 0 Å². The largest absolute Gasteiger partial charge is 0.352 e. The fourth-order valence-electron chi connectivity index (χ4n) is 3.23. The molecular weight excluding hydrogens is 416 g/mol. The van der Waals surface area contributed by atoms with E-state index in [-0.39, 0.29) is 17.9 Å². The maximum Gasteiger partial charge on any atom is 0.243 e. The second kappa shape index (κ2) is 12.0. The molecular formula is C24H31ClN2O2S. The summed E-state index contributed by atoms with van der Waals surface area (Å²) in [6.45, 7) is 8.23.